The molecule has 0 atom stereocenters. The van der Waals surface area contributed by atoms with Crippen LogP contribution >= 0.6 is 0 Å². The molecule has 0 unspecified atom stereocenters. The molecule has 2 amide bonds. The van der Waals surface area contributed by atoms with Gasteiger partial charge in [-0.05, 0) is 59.5 Å². The summed E-state index contributed by atoms with van der Waals surface area (Å²) in [7, 11) is 1.72. The first-order valence-electron chi connectivity index (χ1n) is 9.81. The molecule has 0 saturated carbocycles. The number of hydrogen-bond acceptors (Lipinski definition) is 3. The molecule has 7 heteroatoms. The van der Waals surface area contributed by atoms with E-state index in [1.807, 2.05) is 31.2 Å². The maximum Gasteiger partial charge on any atom is 0.264 e. The van der Waals surface area contributed by atoms with Crippen molar-refractivity contribution in [2.24, 2.45) is 0 Å². The number of aryl methyl sites for hydroxylation is 1. The number of carbonyl (C=O) groups is 2. The van der Waals surface area contributed by atoms with Crippen LogP contribution in [0.3, 0.4) is 0 Å². The number of ether oxygens (including phenoxy) is 1. The van der Waals surface area contributed by atoms with Gasteiger partial charge >= 0.3 is 0 Å². The highest BCUT2D eigenvalue weighted by Crippen LogP contribution is 2.38. The minimum atomic E-state index is -0.917. The lowest BCUT2D eigenvalue weighted by Gasteiger charge is -2.27. The number of hydrogen-bond donors (Lipinski definition) is 1. The van der Waals surface area contributed by atoms with Gasteiger partial charge in [0.15, 0.2) is 6.61 Å². The number of fused-ring (bicyclic) bond motifs is 1. The zero-order valence-corrected chi connectivity index (χ0v) is 17.0. The quantitative estimate of drug-likeness (QED) is 0.657. The molecule has 158 valence electrons. The molecule has 31 heavy (non-hydrogen) atoms. The monoisotopic (exact) mass is 422 g/mol. The Bertz CT molecular complexity index is 1160. The molecule has 0 fully saturated rings. The largest absolute Gasteiger partial charge is 0.482 e. The van der Waals surface area contributed by atoms with Crippen LogP contribution in [0.25, 0.3) is 11.1 Å². The van der Waals surface area contributed by atoms with Gasteiger partial charge < -0.3 is 15.0 Å². The van der Waals surface area contributed by atoms with E-state index in [1.54, 1.807) is 24.1 Å². The van der Waals surface area contributed by atoms with Crippen LogP contribution in [0.4, 0.5) is 20.2 Å². The van der Waals surface area contributed by atoms with Crippen LogP contribution in [0.15, 0.2) is 54.6 Å². The number of nitrogens with zero attached hydrogens (tertiary/aromatic N) is 1. The molecular formula is C24H20F2N2O3. The summed E-state index contributed by atoms with van der Waals surface area (Å²) in [5.74, 6) is -2.17. The van der Waals surface area contributed by atoms with Crippen molar-refractivity contribution in [1.29, 1.82) is 0 Å². The molecule has 0 radical (unpaired) electrons. The van der Waals surface area contributed by atoms with Gasteiger partial charge in [0.05, 0.1) is 5.69 Å². The second-order valence-corrected chi connectivity index (χ2v) is 7.20. The molecule has 0 aromatic heterocycles. The molecule has 0 aliphatic carbocycles. The normalized spacial score (nSPS) is 12.9. The first kappa shape index (κ1) is 20.5. The number of rotatable bonds is 4. The first-order chi connectivity index (χ1) is 14.9. The van der Waals surface area contributed by atoms with E-state index in [1.165, 1.54) is 6.07 Å². The zero-order chi connectivity index (χ0) is 22.1. The van der Waals surface area contributed by atoms with Crippen molar-refractivity contribution in [2.75, 3.05) is 23.9 Å². The lowest BCUT2D eigenvalue weighted by Crippen LogP contribution is -2.35. The highest BCUT2D eigenvalue weighted by Gasteiger charge is 2.24. The predicted octanol–water partition coefficient (Wildman–Crippen LogP) is 4.80. The fourth-order valence-electron chi connectivity index (χ4n) is 3.56. The van der Waals surface area contributed by atoms with E-state index in [0.29, 0.717) is 11.4 Å². The third-order valence-corrected chi connectivity index (χ3v) is 5.30. The van der Waals surface area contributed by atoms with Gasteiger partial charge in [-0.25, -0.2) is 8.78 Å². The van der Waals surface area contributed by atoms with Gasteiger partial charge in [0.1, 0.15) is 22.9 Å². The van der Waals surface area contributed by atoms with Crippen molar-refractivity contribution >= 4 is 23.2 Å². The van der Waals surface area contributed by atoms with Crippen LogP contribution in [-0.2, 0) is 11.2 Å². The second kappa shape index (κ2) is 8.18. The first-order valence-corrected chi connectivity index (χ1v) is 9.81. The Labute approximate surface area is 178 Å². The number of benzene rings is 3. The zero-order valence-electron chi connectivity index (χ0n) is 17.0. The van der Waals surface area contributed by atoms with E-state index in [2.05, 4.69) is 5.32 Å². The second-order valence-electron chi connectivity index (χ2n) is 7.20. The molecule has 1 aliphatic rings. The lowest BCUT2D eigenvalue weighted by molar-refractivity contribution is -0.120. The van der Waals surface area contributed by atoms with E-state index in [-0.39, 0.29) is 12.5 Å². The summed E-state index contributed by atoms with van der Waals surface area (Å²) in [5, 5.41) is 2.52. The van der Waals surface area contributed by atoms with Crippen LogP contribution in [0.1, 0.15) is 22.8 Å². The Morgan fingerprint density at radius 3 is 2.42 bits per heavy atom. The van der Waals surface area contributed by atoms with Gasteiger partial charge in [0.25, 0.3) is 11.8 Å². The van der Waals surface area contributed by atoms with E-state index >= 15 is 0 Å². The molecule has 5 nitrogen and oxygen atoms in total. The van der Waals surface area contributed by atoms with Crippen molar-refractivity contribution < 1.29 is 23.1 Å². The summed E-state index contributed by atoms with van der Waals surface area (Å²) >= 11 is 0. The molecule has 3 aromatic rings. The number of amides is 2. The minimum absolute atomic E-state index is 0.00795. The summed E-state index contributed by atoms with van der Waals surface area (Å²) in [6, 6.07) is 14.1. The molecule has 1 aliphatic heterocycles. The molecule has 1 heterocycles. The third-order valence-electron chi connectivity index (χ3n) is 5.30. The molecule has 1 N–H and O–H groups in total. The van der Waals surface area contributed by atoms with Crippen LogP contribution in [0.5, 0.6) is 5.75 Å². The van der Waals surface area contributed by atoms with Gasteiger partial charge in [0.2, 0.25) is 0 Å². The van der Waals surface area contributed by atoms with E-state index in [0.717, 1.165) is 40.9 Å². The number of halogens is 2. The molecule has 4 rings (SSSR count). The minimum Gasteiger partial charge on any atom is -0.482 e. The van der Waals surface area contributed by atoms with Crippen LogP contribution < -0.4 is 15.0 Å². The van der Waals surface area contributed by atoms with Gasteiger partial charge in [-0.1, -0.05) is 25.1 Å². The highest BCUT2D eigenvalue weighted by molar-refractivity contribution is 6.04. The number of anilines is 2. The maximum absolute atomic E-state index is 13.8. The number of likely N-dealkylation sites (N-methyl/N-ethyl adjacent to an activating group) is 1. The summed E-state index contributed by atoms with van der Waals surface area (Å²) in [6.07, 6.45) is 0.746. The van der Waals surface area contributed by atoms with Gasteiger partial charge in [0, 0.05) is 12.7 Å². The van der Waals surface area contributed by atoms with E-state index in [9.17, 15) is 18.4 Å². The number of nitrogens with one attached hydrogen (secondary N) is 1. The Morgan fingerprint density at radius 2 is 1.77 bits per heavy atom. The van der Waals surface area contributed by atoms with Crippen molar-refractivity contribution in [2.45, 2.75) is 13.3 Å². The average molecular weight is 422 g/mol. The SMILES string of the molecule is CCc1cc2c(cc1-c1ccc(NC(=O)c3c(F)cccc3F)cc1)OCC(=O)N2C. The van der Waals surface area contributed by atoms with Crippen LogP contribution in [0.2, 0.25) is 0 Å². The molecular weight excluding hydrogens is 402 g/mol. The van der Waals surface area contributed by atoms with Gasteiger partial charge in [-0.15, -0.1) is 0 Å². The highest BCUT2D eigenvalue weighted by atomic mass is 19.1. The van der Waals surface area contributed by atoms with Crippen LogP contribution in [0, 0.1) is 11.6 Å². The standard InChI is InChI=1S/C24H20F2N2O3/c1-3-14-11-20-21(31-13-22(29)28(20)2)12-17(14)15-7-9-16(10-8-15)27-24(30)23-18(25)5-4-6-19(23)26/h4-12H,3,13H2,1-2H3,(H,27,30). The fraction of sp³-hybridized carbons (Fsp3) is 0.167. The van der Waals surface area contributed by atoms with Crippen molar-refractivity contribution in [3.05, 3.63) is 77.4 Å². The smallest absolute Gasteiger partial charge is 0.264 e. The Hall–Kier alpha value is -3.74. The summed E-state index contributed by atoms with van der Waals surface area (Å²) in [4.78, 5) is 25.8. The third kappa shape index (κ3) is 3.86. The van der Waals surface area contributed by atoms with Crippen molar-refractivity contribution in [1.82, 2.24) is 0 Å². The molecule has 3 aromatic carbocycles. The molecule has 0 saturated heterocycles. The van der Waals surface area contributed by atoms with E-state index in [4.69, 9.17) is 4.74 Å². The molecule has 0 spiro atoms. The summed E-state index contributed by atoms with van der Waals surface area (Å²) in [5.41, 5.74) is 3.39. The van der Waals surface area contributed by atoms with Gasteiger partial charge in [-0.2, -0.15) is 0 Å². The molecule has 0 bridgehead atoms. The summed E-state index contributed by atoms with van der Waals surface area (Å²) < 4.78 is 33.2. The average Bonchev–Trinajstić information content (AvgIpc) is 2.76. The fourth-order valence-corrected chi connectivity index (χ4v) is 3.56. The van der Waals surface area contributed by atoms with Gasteiger partial charge in [-0.3, -0.25) is 9.59 Å². The topological polar surface area (TPSA) is 58.6 Å². The Morgan fingerprint density at radius 1 is 1.10 bits per heavy atom. The lowest BCUT2D eigenvalue weighted by atomic mass is 9.96. The van der Waals surface area contributed by atoms with Crippen molar-refractivity contribution in [3.63, 3.8) is 0 Å². The Balaban J connectivity index is 1.61. The maximum atomic E-state index is 13.8. The predicted molar refractivity (Wildman–Crippen MR) is 114 cm³/mol. The van der Waals surface area contributed by atoms with E-state index < -0.39 is 23.1 Å². The number of carbonyl (C=O) groups excluding carboxylic acids is 2. The van der Waals surface area contributed by atoms with Crippen LogP contribution in [-0.4, -0.2) is 25.5 Å². The van der Waals surface area contributed by atoms with Crippen molar-refractivity contribution in [3.8, 4) is 16.9 Å². The summed E-state index contributed by atoms with van der Waals surface area (Å²) in [6.45, 7) is 2.01. The Kier molecular flexibility index (Phi) is 5.42.